The molecular formula is C14H24N4O. The van der Waals surface area contributed by atoms with Gasteiger partial charge in [0.2, 0.25) is 11.9 Å². The first-order valence-electron chi connectivity index (χ1n) is 6.81. The summed E-state index contributed by atoms with van der Waals surface area (Å²) in [7, 11) is 1.61. The summed E-state index contributed by atoms with van der Waals surface area (Å²) in [5, 5.41) is 2.92. The van der Waals surface area contributed by atoms with E-state index < -0.39 is 0 Å². The van der Waals surface area contributed by atoms with Crippen molar-refractivity contribution < 1.29 is 4.79 Å². The van der Waals surface area contributed by atoms with Crippen LogP contribution in [0.2, 0.25) is 0 Å². The Balaban J connectivity index is 2.81. The summed E-state index contributed by atoms with van der Waals surface area (Å²) >= 11 is 0. The highest BCUT2D eigenvalue weighted by Crippen LogP contribution is 2.22. The highest BCUT2D eigenvalue weighted by molar-refractivity contribution is 5.93. The van der Waals surface area contributed by atoms with Gasteiger partial charge in [-0.2, -0.15) is 0 Å². The number of carbonyl (C=O) groups excluding carboxylic acids is 1. The molecule has 0 radical (unpaired) electrons. The fourth-order valence-corrected chi connectivity index (χ4v) is 2.06. The Kier molecular flexibility index (Phi) is 6.25. The van der Waals surface area contributed by atoms with Crippen LogP contribution < -0.4 is 11.1 Å². The molecule has 19 heavy (non-hydrogen) atoms. The third-order valence-corrected chi connectivity index (χ3v) is 3.53. The summed E-state index contributed by atoms with van der Waals surface area (Å²) < 4.78 is 0. The van der Waals surface area contributed by atoms with Gasteiger partial charge >= 0.3 is 0 Å². The van der Waals surface area contributed by atoms with E-state index in [9.17, 15) is 4.79 Å². The van der Waals surface area contributed by atoms with Gasteiger partial charge in [-0.25, -0.2) is 4.99 Å². The van der Waals surface area contributed by atoms with Gasteiger partial charge in [0.05, 0.1) is 0 Å². The molecule has 0 aromatic rings. The topological polar surface area (TPSA) is 79.8 Å². The molecule has 0 aromatic heterocycles. The van der Waals surface area contributed by atoms with Crippen LogP contribution in [0.4, 0.5) is 0 Å². The monoisotopic (exact) mass is 264 g/mol. The van der Waals surface area contributed by atoms with E-state index in [4.69, 9.17) is 5.73 Å². The summed E-state index contributed by atoms with van der Waals surface area (Å²) in [6.45, 7) is 4.97. The van der Waals surface area contributed by atoms with Gasteiger partial charge in [0.15, 0.2) is 0 Å². The minimum absolute atomic E-state index is 0.0523. The van der Waals surface area contributed by atoms with E-state index in [1.165, 1.54) is 5.57 Å². The minimum atomic E-state index is 0.0523. The Morgan fingerprint density at radius 3 is 2.89 bits per heavy atom. The molecule has 1 unspecified atom stereocenters. The number of amides is 1. The molecule has 1 saturated heterocycles. The second-order valence-electron chi connectivity index (χ2n) is 4.83. The molecule has 0 aromatic carbocycles. The van der Waals surface area contributed by atoms with Crippen molar-refractivity contribution in [3.63, 3.8) is 0 Å². The largest absolute Gasteiger partial charge is 0.368 e. The number of nitrogens with two attached hydrogens (primary N) is 1. The van der Waals surface area contributed by atoms with Crippen LogP contribution in [0, 0.1) is 5.92 Å². The molecule has 5 nitrogen and oxygen atoms in total. The smallest absolute Gasteiger partial charge is 0.223 e. The zero-order valence-electron chi connectivity index (χ0n) is 12.1. The molecule has 1 aliphatic rings. The summed E-state index contributed by atoms with van der Waals surface area (Å²) in [5.74, 6) is 0.462. The van der Waals surface area contributed by atoms with Crippen molar-refractivity contribution in [1.29, 1.82) is 0 Å². The first-order valence-corrected chi connectivity index (χ1v) is 6.81. The maximum Gasteiger partial charge on any atom is 0.223 e. The van der Waals surface area contributed by atoms with Gasteiger partial charge < -0.3 is 11.1 Å². The Morgan fingerprint density at radius 1 is 1.58 bits per heavy atom. The third kappa shape index (κ3) is 4.85. The maximum atomic E-state index is 11.8. The molecule has 0 saturated carbocycles. The van der Waals surface area contributed by atoms with Crippen LogP contribution in [-0.2, 0) is 4.79 Å². The fraction of sp³-hybridized carbons (Fsp3) is 0.643. The Morgan fingerprint density at radius 2 is 2.32 bits per heavy atom. The Bertz CT molecular complexity index is 410. The lowest BCUT2D eigenvalue weighted by molar-refractivity contribution is -0.126. The number of guanidine groups is 1. The Labute approximate surface area is 115 Å². The van der Waals surface area contributed by atoms with Crippen LogP contribution >= 0.6 is 0 Å². The van der Waals surface area contributed by atoms with Crippen molar-refractivity contribution in [1.82, 2.24) is 5.32 Å². The zero-order chi connectivity index (χ0) is 14.3. The SMILES string of the molecule is CC/C(C)=C(/C=N\C(N)=NC)CC1CCCNC1=O. The van der Waals surface area contributed by atoms with Crippen molar-refractivity contribution in [2.24, 2.45) is 21.6 Å². The second-order valence-corrected chi connectivity index (χ2v) is 4.83. The third-order valence-electron chi connectivity index (χ3n) is 3.53. The highest BCUT2D eigenvalue weighted by atomic mass is 16.1. The van der Waals surface area contributed by atoms with Crippen LogP contribution in [-0.4, -0.2) is 31.7 Å². The summed E-state index contributed by atoms with van der Waals surface area (Å²) in [5.41, 5.74) is 7.91. The molecule has 5 heteroatoms. The molecule has 1 aliphatic heterocycles. The quantitative estimate of drug-likeness (QED) is 0.598. The molecule has 0 bridgehead atoms. The molecule has 1 heterocycles. The standard InChI is InChI=1S/C14H24N4O/c1-4-10(2)12(9-18-14(15)16-3)8-11-6-5-7-17-13(11)19/h9,11H,4-8H2,1-3H3,(H2,15,16)(H,17,19)/b12-10+,18-9-. The van der Waals surface area contributed by atoms with Gasteiger partial charge in [0.25, 0.3) is 0 Å². The number of nitrogens with one attached hydrogen (secondary N) is 1. The lowest BCUT2D eigenvalue weighted by Crippen LogP contribution is -2.36. The summed E-state index contributed by atoms with van der Waals surface area (Å²) in [6.07, 6.45) is 5.41. The predicted molar refractivity (Wildman–Crippen MR) is 79.4 cm³/mol. The van der Waals surface area contributed by atoms with Crippen molar-refractivity contribution >= 4 is 18.1 Å². The molecule has 1 rings (SSSR count). The number of hydrogen-bond donors (Lipinski definition) is 2. The van der Waals surface area contributed by atoms with Crippen molar-refractivity contribution in [2.45, 2.75) is 39.5 Å². The number of carbonyl (C=O) groups is 1. The number of hydrogen-bond acceptors (Lipinski definition) is 2. The van der Waals surface area contributed by atoms with Gasteiger partial charge in [0, 0.05) is 25.7 Å². The number of piperidine rings is 1. The fourth-order valence-electron chi connectivity index (χ4n) is 2.06. The number of allylic oxidation sites excluding steroid dienone is 2. The average molecular weight is 264 g/mol. The van der Waals surface area contributed by atoms with E-state index in [1.807, 2.05) is 0 Å². The molecule has 1 fully saturated rings. The van der Waals surface area contributed by atoms with Crippen LogP contribution in [0.1, 0.15) is 39.5 Å². The molecule has 1 atom stereocenters. The van der Waals surface area contributed by atoms with Gasteiger partial charge in [-0.15, -0.1) is 0 Å². The first-order chi connectivity index (χ1) is 9.08. The van der Waals surface area contributed by atoms with Crippen LogP contribution in [0.15, 0.2) is 21.1 Å². The zero-order valence-corrected chi connectivity index (χ0v) is 12.1. The summed E-state index contributed by atoms with van der Waals surface area (Å²) in [4.78, 5) is 19.7. The van der Waals surface area contributed by atoms with E-state index in [2.05, 4.69) is 29.1 Å². The van der Waals surface area contributed by atoms with Gasteiger partial charge in [-0.3, -0.25) is 9.79 Å². The summed E-state index contributed by atoms with van der Waals surface area (Å²) in [6, 6.07) is 0. The predicted octanol–water partition coefficient (Wildman–Crippen LogP) is 1.64. The van der Waals surface area contributed by atoms with E-state index >= 15 is 0 Å². The molecular weight excluding hydrogens is 240 g/mol. The maximum absolute atomic E-state index is 11.8. The lowest BCUT2D eigenvalue weighted by atomic mass is 9.89. The van der Waals surface area contributed by atoms with E-state index in [0.29, 0.717) is 0 Å². The molecule has 0 spiro atoms. The van der Waals surface area contributed by atoms with E-state index in [-0.39, 0.29) is 17.8 Å². The van der Waals surface area contributed by atoms with Crippen molar-refractivity contribution in [3.8, 4) is 0 Å². The average Bonchev–Trinajstić information content (AvgIpc) is 2.44. The molecule has 106 valence electrons. The molecule has 0 aliphatic carbocycles. The second kappa shape index (κ2) is 7.71. The lowest BCUT2D eigenvalue weighted by Gasteiger charge is -2.22. The van der Waals surface area contributed by atoms with Gasteiger partial charge in [0.1, 0.15) is 0 Å². The van der Waals surface area contributed by atoms with Crippen molar-refractivity contribution in [3.05, 3.63) is 11.1 Å². The van der Waals surface area contributed by atoms with Crippen molar-refractivity contribution in [2.75, 3.05) is 13.6 Å². The van der Waals surface area contributed by atoms with E-state index in [1.54, 1.807) is 13.3 Å². The number of rotatable bonds is 4. The first kappa shape index (κ1) is 15.4. The van der Waals surface area contributed by atoms with E-state index in [0.717, 1.165) is 37.8 Å². The van der Waals surface area contributed by atoms with Crippen LogP contribution in [0.3, 0.4) is 0 Å². The molecule has 3 N–H and O–H groups in total. The Hall–Kier alpha value is -1.65. The van der Waals surface area contributed by atoms with Gasteiger partial charge in [-0.1, -0.05) is 12.5 Å². The molecule has 1 amide bonds. The van der Waals surface area contributed by atoms with Gasteiger partial charge in [-0.05, 0) is 38.2 Å². The van der Waals surface area contributed by atoms with Crippen LogP contribution in [0.5, 0.6) is 0 Å². The number of nitrogens with zero attached hydrogens (tertiary/aromatic N) is 2. The minimum Gasteiger partial charge on any atom is -0.368 e. The normalized spacial score (nSPS) is 22.4. The van der Waals surface area contributed by atoms with Crippen LogP contribution in [0.25, 0.3) is 0 Å². The number of aliphatic imine (C=N–C) groups is 2. The highest BCUT2D eigenvalue weighted by Gasteiger charge is 2.23.